The Balaban J connectivity index is 2.14. The first-order chi connectivity index (χ1) is 7.58. The molecule has 2 rings (SSSR count). The highest BCUT2D eigenvalue weighted by molar-refractivity contribution is 6.33. The van der Waals surface area contributed by atoms with Crippen LogP contribution in [-0.2, 0) is 4.79 Å². The number of carboxylic acids is 1. The Kier molecular flexibility index (Phi) is 2.78. The van der Waals surface area contributed by atoms with Crippen molar-refractivity contribution in [3.8, 4) is 0 Å². The van der Waals surface area contributed by atoms with E-state index in [0.717, 1.165) is 19.0 Å². The van der Waals surface area contributed by atoms with Crippen LogP contribution in [0.2, 0.25) is 5.02 Å². The van der Waals surface area contributed by atoms with E-state index in [1.54, 1.807) is 0 Å². The van der Waals surface area contributed by atoms with Crippen LogP contribution < -0.4 is 5.32 Å². The van der Waals surface area contributed by atoms with Gasteiger partial charge in [0.15, 0.2) is 0 Å². The summed E-state index contributed by atoms with van der Waals surface area (Å²) in [6.45, 7) is 0. The van der Waals surface area contributed by atoms with E-state index in [4.69, 9.17) is 16.7 Å². The zero-order valence-corrected chi connectivity index (χ0v) is 8.99. The van der Waals surface area contributed by atoms with E-state index in [9.17, 15) is 9.59 Å². The van der Waals surface area contributed by atoms with Crippen molar-refractivity contribution in [1.82, 2.24) is 4.98 Å². The molecule has 0 saturated heterocycles. The Morgan fingerprint density at radius 3 is 2.69 bits per heavy atom. The molecule has 0 atom stereocenters. The van der Waals surface area contributed by atoms with Gasteiger partial charge in [-0.2, -0.15) is 0 Å². The van der Waals surface area contributed by atoms with Gasteiger partial charge in [0.05, 0.1) is 10.6 Å². The van der Waals surface area contributed by atoms with Crippen LogP contribution in [0.4, 0.5) is 5.82 Å². The minimum Gasteiger partial charge on any atom is -0.478 e. The van der Waals surface area contributed by atoms with Crippen molar-refractivity contribution in [2.75, 3.05) is 5.32 Å². The maximum absolute atomic E-state index is 11.4. The van der Waals surface area contributed by atoms with Gasteiger partial charge in [-0.15, -0.1) is 0 Å². The molecule has 1 amide bonds. The molecule has 6 heteroatoms. The van der Waals surface area contributed by atoms with Gasteiger partial charge < -0.3 is 10.4 Å². The standard InChI is InChI=1S/C10H9ClN2O3/c11-7-3-8(12-4-6(7)10(15)16)13-9(14)5-1-2-5/h3-5H,1-2H2,(H,15,16)(H,12,13,14). The molecule has 1 aliphatic carbocycles. The van der Waals surface area contributed by atoms with Crippen molar-refractivity contribution < 1.29 is 14.7 Å². The maximum atomic E-state index is 11.4. The molecule has 1 heterocycles. The van der Waals surface area contributed by atoms with Gasteiger partial charge in [0.1, 0.15) is 5.82 Å². The highest BCUT2D eigenvalue weighted by Gasteiger charge is 2.29. The molecule has 1 aliphatic rings. The monoisotopic (exact) mass is 240 g/mol. The molecule has 0 bridgehead atoms. The lowest BCUT2D eigenvalue weighted by atomic mass is 10.3. The van der Waals surface area contributed by atoms with E-state index in [1.165, 1.54) is 6.07 Å². The molecule has 0 radical (unpaired) electrons. The van der Waals surface area contributed by atoms with Crippen molar-refractivity contribution in [3.63, 3.8) is 0 Å². The van der Waals surface area contributed by atoms with Gasteiger partial charge >= 0.3 is 5.97 Å². The summed E-state index contributed by atoms with van der Waals surface area (Å²) in [7, 11) is 0. The third-order valence-corrected chi connectivity index (χ3v) is 2.60. The number of nitrogens with zero attached hydrogens (tertiary/aromatic N) is 1. The van der Waals surface area contributed by atoms with Gasteiger partial charge in [-0.3, -0.25) is 4.79 Å². The lowest BCUT2D eigenvalue weighted by Gasteiger charge is -2.04. The summed E-state index contributed by atoms with van der Waals surface area (Å²) in [5.74, 6) is -0.879. The fourth-order valence-corrected chi connectivity index (χ4v) is 1.46. The van der Waals surface area contributed by atoms with Crippen LogP contribution in [0, 0.1) is 5.92 Å². The summed E-state index contributed by atoms with van der Waals surface area (Å²) < 4.78 is 0. The van der Waals surface area contributed by atoms with Gasteiger partial charge in [0.2, 0.25) is 5.91 Å². The third kappa shape index (κ3) is 2.30. The topological polar surface area (TPSA) is 79.3 Å². The van der Waals surface area contributed by atoms with Crippen LogP contribution in [0.5, 0.6) is 0 Å². The van der Waals surface area contributed by atoms with Crippen LogP contribution in [0.25, 0.3) is 0 Å². The first-order valence-corrected chi connectivity index (χ1v) is 5.15. The molecule has 5 nitrogen and oxygen atoms in total. The van der Waals surface area contributed by atoms with Crippen LogP contribution >= 0.6 is 11.6 Å². The van der Waals surface area contributed by atoms with Crippen molar-refractivity contribution in [1.29, 1.82) is 0 Å². The van der Waals surface area contributed by atoms with Crippen LogP contribution in [0.1, 0.15) is 23.2 Å². The molecule has 1 fully saturated rings. The number of amides is 1. The minimum atomic E-state index is -1.14. The molecular formula is C10H9ClN2O3. The molecule has 1 aromatic rings. The first kappa shape index (κ1) is 10.9. The Bertz CT molecular complexity index is 457. The van der Waals surface area contributed by atoms with E-state index in [-0.39, 0.29) is 28.2 Å². The second kappa shape index (κ2) is 4.09. The number of halogens is 1. The maximum Gasteiger partial charge on any atom is 0.338 e. The molecule has 16 heavy (non-hydrogen) atoms. The van der Waals surface area contributed by atoms with E-state index in [2.05, 4.69) is 10.3 Å². The Morgan fingerprint density at radius 2 is 2.19 bits per heavy atom. The lowest BCUT2D eigenvalue weighted by molar-refractivity contribution is -0.117. The number of carbonyl (C=O) groups is 2. The molecule has 84 valence electrons. The number of anilines is 1. The zero-order valence-electron chi connectivity index (χ0n) is 8.24. The number of hydrogen-bond donors (Lipinski definition) is 2. The van der Waals surface area contributed by atoms with Crippen LogP contribution in [0.3, 0.4) is 0 Å². The summed E-state index contributed by atoms with van der Waals surface area (Å²) in [6.07, 6.45) is 2.92. The van der Waals surface area contributed by atoms with Crippen molar-refractivity contribution >= 4 is 29.3 Å². The van der Waals surface area contributed by atoms with Crippen molar-refractivity contribution in [2.45, 2.75) is 12.8 Å². The van der Waals surface area contributed by atoms with E-state index in [0.29, 0.717) is 0 Å². The first-order valence-electron chi connectivity index (χ1n) is 4.77. The highest BCUT2D eigenvalue weighted by atomic mass is 35.5. The molecule has 1 aromatic heterocycles. The molecule has 0 aliphatic heterocycles. The van der Waals surface area contributed by atoms with Crippen molar-refractivity contribution in [3.05, 3.63) is 22.8 Å². The Labute approximate surface area is 96.4 Å². The molecule has 0 spiro atoms. The molecule has 2 N–H and O–H groups in total. The van der Waals surface area contributed by atoms with E-state index in [1.807, 2.05) is 0 Å². The SMILES string of the molecule is O=C(O)c1cnc(NC(=O)C2CC2)cc1Cl. The number of pyridine rings is 1. The largest absolute Gasteiger partial charge is 0.478 e. The summed E-state index contributed by atoms with van der Waals surface area (Å²) in [6, 6.07) is 1.34. The molecule has 0 aromatic carbocycles. The lowest BCUT2D eigenvalue weighted by Crippen LogP contribution is -2.14. The van der Waals surface area contributed by atoms with Gasteiger partial charge in [0, 0.05) is 18.2 Å². The van der Waals surface area contributed by atoms with Crippen LogP contribution in [0.15, 0.2) is 12.3 Å². The fraction of sp³-hybridized carbons (Fsp3) is 0.300. The second-order valence-corrected chi connectivity index (χ2v) is 4.03. The number of carboxylic acid groups (broad SMARTS) is 1. The molecule has 0 unspecified atom stereocenters. The smallest absolute Gasteiger partial charge is 0.338 e. The summed E-state index contributed by atoms with van der Waals surface area (Å²) in [4.78, 5) is 25.9. The molecule has 1 saturated carbocycles. The minimum absolute atomic E-state index is 0.0635. The van der Waals surface area contributed by atoms with Gasteiger partial charge in [0.25, 0.3) is 0 Å². The van der Waals surface area contributed by atoms with Crippen LogP contribution in [-0.4, -0.2) is 22.0 Å². The average Bonchev–Trinajstić information content (AvgIpc) is 2.99. The number of hydrogen-bond acceptors (Lipinski definition) is 3. The number of aromatic nitrogens is 1. The number of aromatic carboxylic acids is 1. The van der Waals surface area contributed by atoms with Gasteiger partial charge in [-0.1, -0.05) is 11.6 Å². The fourth-order valence-electron chi connectivity index (χ4n) is 1.23. The predicted octanol–water partition coefficient (Wildman–Crippen LogP) is 1.78. The van der Waals surface area contributed by atoms with Gasteiger partial charge in [-0.05, 0) is 12.8 Å². The summed E-state index contributed by atoms with van der Waals surface area (Å²) >= 11 is 5.73. The number of rotatable bonds is 3. The third-order valence-electron chi connectivity index (χ3n) is 2.28. The molecular weight excluding hydrogens is 232 g/mol. The Morgan fingerprint density at radius 1 is 1.50 bits per heavy atom. The Hall–Kier alpha value is -1.62. The normalized spacial score (nSPS) is 14.6. The van der Waals surface area contributed by atoms with E-state index < -0.39 is 5.97 Å². The van der Waals surface area contributed by atoms with Crippen molar-refractivity contribution in [2.24, 2.45) is 5.92 Å². The summed E-state index contributed by atoms with van der Waals surface area (Å²) in [5.41, 5.74) is -0.0777. The predicted molar refractivity (Wildman–Crippen MR) is 57.6 cm³/mol. The average molecular weight is 241 g/mol. The highest BCUT2D eigenvalue weighted by Crippen LogP contribution is 2.30. The van der Waals surface area contributed by atoms with E-state index >= 15 is 0 Å². The quantitative estimate of drug-likeness (QED) is 0.844. The zero-order chi connectivity index (χ0) is 11.7. The summed E-state index contributed by atoms with van der Waals surface area (Å²) in [5, 5.41) is 11.4. The number of carbonyl (C=O) groups excluding carboxylic acids is 1. The second-order valence-electron chi connectivity index (χ2n) is 3.62. The number of nitrogens with one attached hydrogen (secondary N) is 1. The van der Waals surface area contributed by atoms with Gasteiger partial charge in [-0.25, -0.2) is 9.78 Å².